The molecule has 0 saturated carbocycles. The van der Waals surface area contributed by atoms with Gasteiger partial charge in [-0.05, 0) is 47.5 Å². The molecule has 0 aromatic heterocycles. The summed E-state index contributed by atoms with van der Waals surface area (Å²) in [7, 11) is 0. The Morgan fingerprint density at radius 1 is 0.833 bits per heavy atom. The van der Waals surface area contributed by atoms with Crippen molar-refractivity contribution in [2.75, 3.05) is 24.6 Å². The van der Waals surface area contributed by atoms with Gasteiger partial charge in [-0.2, -0.15) is 0 Å². The fourth-order valence-electron chi connectivity index (χ4n) is 4.08. The van der Waals surface area contributed by atoms with Crippen LogP contribution in [0.2, 0.25) is 15.1 Å². The molecule has 2 atom stereocenters. The smallest absolute Gasteiger partial charge is 0.0685 e. The first-order chi connectivity index (χ1) is 14.5. The fraction of sp³-hybridized carbons (Fsp3) is 0.250. The fourth-order valence-corrected chi connectivity index (χ4v) is 4.74. The molecule has 1 saturated heterocycles. The molecule has 0 aliphatic carbocycles. The van der Waals surface area contributed by atoms with E-state index in [9.17, 15) is 5.11 Å². The maximum atomic E-state index is 10.2. The number of rotatable bonds is 5. The Morgan fingerprint density at radius 3 is 2.20 bits per heavy atom. The number of aliphatic hydroxyl groups is 1. The lowest BCUT2D eigenvalue weighted by Crippen LogP contribution is -2.55. The van der Waals surface area contributed by atoms with Crippen LogP contribution in [0.5, 0.6) is 0 Å². The maximum absolute atomic E-state index is 10.2. The summed E-state index contributed by atoms with van der Waals surface area (Å²) in [6.45, 7) is 2.25. The van der Waals surface area contributed by atoms with Crippen molar-refractivity contribution in [2.45, 2.75) is 18.6 Å². The number of halogens is 3. The monoisotopic (exact) mass is 460 g/mol. The van der Waals surface area contributed by atoms with Crippen molar-refractivity contribution >= 4 is 40.5 Å². The number of benzene rings is 3. The van der Waals surface area contributed by atoms with Gasteiger partial charge in [-0.1, -0.05) is 71.2 Å². The predicted molar refractivity (Wildman–Crippen MR) is 126 cm³/mol. The van der Waals surface area contributed by atoms with Crippen molar-refractivity contribution < 1.29 is 5.11 Å². The van der Waals surface area contributed by atoms with Crippen molar-refractivity contribution in [3.8, 4) is 0 Å². The lowest BCUT2D eigenvalue weighted by Gasteiger charge is -2.47. The number of hydrogen-bond donors (Lipinski definition) is 1. The third-order valence-corrected chi connectivity index (χ3v) is 6.44. The highest BCUT2D eigenvalue weighted by Gasteiger charge is 2.35. The molecule has 1 N–H and O–H groups in total. The normalized spacial score (nSPS) is 19.8. The third kappa shape index (κ3) is 4.77. The second-order valence-electron chi connectivity index (χ2n) is 7.56. The van der Waals surface area contributed by atoms with E-state index in [-0.39, 0.29) is 18.7 Å². The van der Waals surface area contributed by atoms with Crippen molar-refractivity contribution in [3.05, 3.63) is 99.0 Å². The molecular formula is C24H23Cl3N2O. The Hall–Kier alpha value is -1.75. The number of anilines is 1. The molecule has 1 aliphatic heterocycles. The van der Waals surface area contributed by atoms with Gasteiger partial charge < -0.3 is 10.0 Å². The first-order valence-corrected chi connectivity index (χ1v) is 11.0. The van der Waals surface area contributed by atoms with Gasteiger partial charge in [-0.15, -0.1) is 0 Å². The number of nitrogens with zero attached hydrogens (tertiary/aromatic N) is 2. The van der Waals surface area contributed by atoms with Gasteiger partial charge in [0.05, 0.1) is 18.7 Å². The van der Waals surface area contributed by atoms with Crippen molar-refractivity contribution in [3.63, 3.8) is 0 Å². The second kappa shape index (κ2) is 9.59. The van der Waals surface area contributed by atoms with Crippen LogP contribution in [0, 0.1) is 0 Å². The van der Waals surface area contributed by atoms with Gasteiger partial charge in [-0.25, -0.2) is 0 Å². The Kier molecular flexibility index (Phi) is 6.87. The highest BCUT2D eigenvalue weighted by atomic mass is 35.5. The Bertz CT molecular complexity index is 982. The first-order valence-electron chi connectivity index (χ1n) is 9.91. The molecule has 0 amide bonds. The standard InChI is InChI=1S/C24H23Cl3N2O/c25-18-6-9-20(10-7-18)29-14-21(16-30)28(13-17-4-2-1-3-5-17)15-24(29)22-11-8-19(26)12-23(22)27/h1-12,21,24,30H,13-16H2/t21-,24+/m0/s1. The molecule has 3 nitrogen and oxygen atoms in total. The van der Waals surface area contributed by atoms with Gasteiger partial charge in [0, 0.05) is 40.4 Å². The summed E-state index contributed by atoms with van der Waals surface area (Å²) in [5.41, 5.74) is 3.29. The van der Waals surface area contributed by atoms with E-state index in [1.54, 1.807) is 6.07 Å². The van der Waals surface area contributed by atoms with Crippen LogP contribution in [0.15, 0.2) is 72.8 Å². The predicted octanol–water partition coefficient (Wildman–Crippen LogP) is 6.07. The highest BCUT2D eigenvalue weighted by molar-refractivity contribution is 6.35. The van der Waals surface area contributed by atoms with E-state index in [0.29, 0.717) is 21.6 Å². The summed E-state index contributed by atoms with van der Waals surface area (Å²) in [6.07, 6.45) is 0. The number of aliphatic hydroxyl groups excluding tert-OH is 1. The minimum Gasteiger partial charge on any atom is -0.395 e. The van der Waals surface area contributed by atoms with Gasteiger partial charge >= 0.3 is 0 Å². The van der Waals surface area contributed by atoms with E-state index in [2.05, 4.69) is 21.9 Å². The first kappa shape index (κ1) is 21.5. The topological polar surface area (TPSA) is 26.7 Å². The minimum absolute atomic E-state index is 0.00297. The van der Waals surface area contributed by atoms with Gasteiger partial charge in [0.2, 0.25) is 0 Å². The van der Waals surface area contributed by atoms with E-state index >= 15 is 0 Å². The average molecular weight is 462 g/mol. The largest absolute Gasteiger partial charge is 0.395 e. The second-order valence-corrected chi connectivity index (χ2v) is 8.84. The highest BCUT2D eigenvalue weighted by Crippen LogP contribution is 2.37. The van der Waals surface area contributed by atoms with Gasteiger partial charge in [-0.3, -0.25) is 4.90 Å². The van der Waals surface area contributed by atoms with Gasteiger partial charge in [0.1, 0.15) is 0 Å². The molecule has 0 radical (unpaired) electrons. The molecular weight excluding hydrogens is 439 g/mol. The molecule has 30 heavy (non-hydrogen) atoms. The van der Waals surface area contributed by atoms with Crippen LogP contribution >= 0.6 is 34.8 Å². The molecule has 1 fully saturated rings. The third-order valence-electron chi connectivity index (χ3n) is 5.63. The van der Waals surface area contributed by atoms with Crippen molar-refractivity contribution in [1.29, 1.82) is 0 Å². The molecule has 0 bridgehead atoms. The number of hydrogen-bond acceptors (Lipinski definition) is 3. The van der Waals surface area contributed by atoms with E-state index < -0.39 is 0 Å². The van der Waals surface area contributed by atoms with Gasteiger partial charge in [0.25, 0.3) is 0 Å². The Morgan fingerprint density at radius 2 is 1.53 bits per heavy atom. The molecule has 4 rings (SSSR count). The summed E-state index contributed by atoms with van der Waals surface area (Å²) < 4.78 is 0. The van der Waals surface area contributed by atoms with E-state index in [1.807, 2.05) is 54.6 Å². The van der Waals surface area contributed by atoms with Crippen LogP contribution in [-0.4, -0.2) is 35.7 Å². The lowest BCUT2D eigenvalue weighted by atomic mass is 9.97. The molecule has 0 spiro atoms. The molecule has 156 valence electrons. The molecule has 1 heterocycles. The zero-order chi connectivity index (χ0) is 21.1. The summed E-state index contributed by atoms with van der Waals surface area (Å²) in [4.78, 5) is 4.63. The van der Waals surface area contributed by atoms with Crippen molar-refractivity contribution in [1.82, 2.24) is 4.90 Å². The maximum Gasteiger partial charge on any atom is 0.0685 e. The molecule has 3 aromatic carbocycles. The lowest BCUT2D eigenvalue weighted by molar-refractivity contribution is 0.0884. The molecule has 0 unspecified atom stereocenters. The summed E-state index contributed by atoms with van der Waals surface area (Å²) in [6, 6.07) is 23.8. The van der Waals surface area contributed by atoms with Crippen LogP contribution in [0.3, 0.4) is 0 Å². The molecule has 6 heteroatoms. The zero-order valence-corrected chi connectivity index (χ0v) is 18.7. The van der Waals surface area contributed by atoms with Crippen LogP contribution in [0.1, 0.15) is 17.2 Å². The summed E-state index contributed by atoms with van der Waals surface area (Å²) in [5.74, 6) is 0. The Labute approximate surface area is 192 Å². The van der Waals surface area contributed by atoms with Crippen molar-refractivity contribution in [2.24, 2.45) is 0 Å². The minimum atomic E-state index is 0.00297. The van der Waals surface area contributed by atoms with Crippen LogP contribution < -0.4 is 4.90 Å². The summed E-state index contributed by atoms with van der Waals surface area (Å²) in [5, 5.41) is 12.1. The zero-order valence-electron chi connectivity index (χ0n) is 16.4. The van der Waals surface area contributed by atoms with Crippen LogP contribution in [0.4, 0.5) is 5.69 Å². The number of piperazine rings is 1. The SMILES string of the molecule is OC[C@@H]1CN(c2ccc(Cl)cc2)[C@@H](c2ccc(Cl)cc2Cl)CN1Cc1ccccc1. The molecule has 1 aliphatic rings. The van der Waals surface area contributed by atoms with Crippen LogP contribution in [0.25, 0.3) is 0 Å². The van der Waals surface area contributed by atoms with E-state index in [0.717, 1.165) is 24.3 Å². The summed E-state index contributed by atoms with van der Waals surface area (Å²) >= 11 is 18.9. The van der Waals surface area contributed by atoms with E-state index in [1.165, 1.54) is 5.56 Å². The van der Waals surface area contributed by atoms with E-state index in [4.69, 9.17) is 34.8 Å². The van der Waals surface area contributed by atoms with Gasteiger partial charge in [0.15, 0.2) is 0 Å². The quantitative estimate of drug-likeness (QED) is 0.499. The Balaban J connectivity index is 1.71. The average Bonchev–Trinajstić information content (AvgIpc) is 2.75. The van der Waals surface area contributed by atoms with Crippen LogP contribution in [-0.2, 0) is 6.54 Å². The molecule has 3 aromatic rings.